The van der Waals surface area contributed by atoms with Crippen LogP contribution in [0.3, 0.4) is 0 Å². The topological polar surface area (TPSA) is 34.1 Å². The average Bonchev–Trinajstić information content (AvgIpc) is 2.21. The Balaban J connectivity index is 4.22. The standard InChI is InChI=1S/C14H26O2/c1-5-7-8-13(6-2)10-14(12(4)16)9-11(3)15/h13-14H,5-10H2,1-4H3. The molecule has 0 aromatic carbocycles. The van der Waals surface area contributed by atoms with Crippen LogP contribution < -0.4 is 0 Å². The highest BCUT2D eigenvalue weighted by Crippen LogP contribution is 2.24. The first-order valence-electron chi connectivity index (χ1n) is 6.51. The molecule has 0 spiro atoms. The molecule has 0 aliphatic rings. The van der Waals surface area contributed by atoms with E-state index in [4.69, 9.17) is 0 Å². The number of carbonyl (C=O) groups is 2. The van der Waals surface area contributed by atoms with Crippen LogP contribution in [0.4, 0.5) is 0 Å². The molecule has 2 nitrogen and oxygen atoms in total. The van der Waals surface area contributed by atoms with E-state index >= 15 is 0 Å². The Morgan fingerprint density at radius 2 is 1.75 bits per heavy atom. The van der Waals surface area contributed by atoms with Crippen molar-refractivity contribution in [2.45, 2.75) is 66.2 Å². The average molecular weight is 226 g/mol. The normalized spacial score (nSPS) is 14.5. The zero-order chi connectivity index (χ0) is 12.6. The number of rotatable bonds is 9. The summed E-state index contributed by atoms with van der Waals surface area (Å²) < 4.78 is 0. The second-order valence-corrected chi connectivity index (χ2v) is 4.87. The van der Waals surface area contributed by atoms with E-state index in [1.807, 2.05) is 0 Å². The summed E-state index contributed by atoms with van der Waals surface area (Å²) in [7, 11) is 0. The largest absolute Gasteiger partial charge is 0.300 e. The van der Waals surface area contributed by atoms with E-state index in [9.17, 15) is 9.59 Å². The molecule has 0 bridgehead atoms. The number of Topliss-reactive ketones (excluding diaryl/α,β-unsaturated/α-hetero) is 2. The summed E-state index contributed by atoms with van der Waals surface area (Å²) in [6, 6.07) is 0. The number of hydrogen-bond acceptors (Lipinski definition) is 2. The van der Waals surface area contributed by atoms with Crippen molar-refractivity contribution in [2.24, 2.45) is 11.8 Å². The molecule has 0 aromatic heterocycles. The zero-order valence-corrected chi connectivity index (χ0v) is 11.2. The van der Waals surface area contributed by atoms with Crippen molar-refractivity contribution in [3.05, 3.63) is 0 Å². The Labute approximate surface area is 99.8 Å². The summed E-state index contributed by atoms with van der Waals surface area (Å²) in [5.74, 6) is 0.864. The zero-order valence-electron chi connectivity index (χ0n) is 11.2. The second kappa shape index (κ2) is 8.49. The predicted octanol–water partition coefficient (Wildman–Crippen LogP) is 3.78. The van der Waals surface area contributed by atoms with Gasteiger partial charge < -0.3 is 4.79 Å². The van der Waals surface area contributed by atoms with Crippen molar-refractivity contribution in [3.63, 3.8) is 0 Å². The lowest BCUT2D eigenvalue weighted by molar-refractivity contribution is -0.126. The maximum Gasteiger partial charge on any atom is 0.133 e. The van der Waals surface area contributed by atoms with Gasteiger partial charge in [-0.05, 0) is 26.2 Å². The van der Waals surface area contributed by atoms with E-state index in [2.05, 4.69) is 13.8 Å². The Hall–Kier alpha value is -0.660. The van der Waals surface area contributed by atoms with Crippen molar-refractivity contribution in [2.75, 3.05) is 0 Å². The van der Waals surface area contributed by atoms with Crippen LogP contribution in [0.15, 0.2) is 0 Å². The summed E-state index contributed by atoms with van der Waals surface area (Å²) in [6.07, 6.45) is 6.05. The van der Waals surface area contributed by atoms with Gasteiger partial charge in [0.1, 0.15) is 11.6 Å². The summed E-state index contributed by atoms with van der Waals surface area (Å²) in [4.78, 5) is 22.5. The minimum Gasteiger partial charge on any atom is -0.300 e. The van der Waals surface area contributed by atoms with E-state index in [-0.39, 0.29) is 17.5 Å². The first-order valence-corrected chi connectivity index (χ1v) is 6.51. The Kier molecular flexibility index (Phi) is 8.14. The minimum absolute atomic E-state index is 0.0423. The molecule has 0 N–H and O–H groups in total. The minimum atomic E-state index is -0.0423. The molecule has 0 radical (unpaired) electrons. The fourth-order valence-corrected chi connectivity index (χ4v) is 2.12. The molecule has 0 aliphatic carbocycles. The number of ketones is 2. The lowest BCUT2D eigenvalue weighted by Crippen LogP contribution is -2.18. The van der Waals surface area contributed by atoms with E-state index in [0.29, 0.717) is 12.3 Å². The van der Waals surface area contributed by atoms with Crippen LogP contribution in [-0.2, 0) is 9.59 Å². The molecular weight excluding hydrogens is 200 g/mol. The fraction of sp³-hybridized carbons (Fsp3) is 0.857. The quantitative estimate of drug-likeness (QED) is 0.599. The molecule has 0 aromatic rings. The van der Waals surface area contributed by atoms with Crippen molar-refractivity contribution in [1.29, 1.82) is 0 Å². The van der Waals surface area contributed by atoms with Gasteiger partial charge in [0.15, 0.2) is 0 Å². The second-order valence-electron chi connectivity index (χ2n) is 4.87. The van der Waals surface area contributed by atoms with Gasteiger partial charge >= 0.3 is 0 Å². The van der Waals surface area contributed by atoms with E-state index in [0.717, 1.165) is 12.8 Å². The van der Waals surface area contributed by atoms with Gasteiger partial charge in [0.25, 0.3) is 0 Å². The third-order valence-electron chi connectivity index (χ3n) is 3.27. The van der Waals surface area contributed by atoms with Crippen LogP contribution in [-0.4, -0.2) is 11.6 Å². The molecule has 16 heavy (non-hydrogen) atoms. The van der Waals surface area contributed by atoms with Crippen LogP contribution in [0.1, 0.15) is 66.2 Å². The highest BCUT2D eigenvalue weighted by molar-refractivity contribution is 5.85. The van der Waals surface area contributed by atoms with Crippen LogP contribution >= 0.6 is 0 Å². The van der Waals surface area contributed by atoms with Crippen molar-refractivity contribution in [3.8, 4) is 0 Å². The van der Waals surface area contributed by atoms with Crippen molar-refractivity contribution < 1.29 is 9.59 Å². The SMILES string of the molecule is CCCCC(CC)CC(CC(C)=O)C(C)=O. The fourth-order valence-electron chi connectivity index (χ4n) is 2.12. The molecule has 94 valence electrons. The summed E-state index contributed by atoms with van der Waals surface area (Å²) >= 11 is 0. The Morgan fingerprint density at radius 3 is 2.12 bits per heavy atom. The first kappa shape index (κ1) is 15.3. The number of unbranched alkanes of at least 4 members (excludes halogenated alkanes) is 1. The molecule has 0 fully saturated rings. The van der Waals surface area contributed by atoms with Gasteiger partial charge in [-0.3, -0.25) is 4.79 Å². The Bertz CT molecular complexity index is 221. The number of hydrogen-bond donors (Lipinski definition) is 0. The van der Waals surface area contributed by atoms with E-state index in [1.54, 1.807) is 13.8 Å². The molecule has 2 heteroatoms. The maximum atomic E-state index is 11.5. The molecule has 0 rings (SSSR count). The molecule has 0 saturated carbocycles. The third-order valence-corrected chi connectivity index (χ3v) is 3.27. The highest BCUT2D eigenvalue weighted by Gasteiger charge is 2.20. The molecule has 0 aliphatic heterocycles. The number of carbonyl (C=O) groups excluding carboxylic acids is 2. The van der Waals surface area contributed by atoms with Crippen molar-refractivity contribution >= 4 is 11.6 Å². The molecule has 0 amide bonds. The lowest BCUT2D eigenvalue weighted by atomic mass is 9.84. The Morgan fingerprint density at radius 1 is 1.12 bits per heavy atom. The summed E-state index contributed by atoms with van der Waals surface area (Å²) in [5, 5.41) is 0. The van der Waals surface area contributed by atoms with Gasteiger partial charge in [0.2, 0.25) is 0 Å². The first-order chi connectivity index (χ1) is 7.51. The van der Waals surface area contributed by atoms with Crippen molar-refractivity contribution in [1.82, 2.24) is 0 Å². The molecule has 0 heterocycles. The third kappa shape index (κ3) is 6.76. The smallest absolute Gasteiger partial charge is 0.133 e. The monoisotopic (exact) mass is 226 g/mol. The van der Waals surface area contributed by atoms with Crippen LogP contribution in [0.2, 0.25) is 0 Å². The molecule has 2 atom stereocenters. The van der Waals surface area contributed by atoms with Gasteiger partial charge in [-0.2, -0.15) is 0 Å². The molecular formula is C14H26O2. The van der Waals surface area contributed by atoms with Gasteiger partial charge in [0.05, 0.1) is 0 Å². The van der Waals surface area contributed by atoms with Gasteiger partial charge in [-0.1, -0.05) is 39.5 Å². The van der Waals surface area contributed by atoms with Crippen LogP contribution in [0, 0.1) is 11.8 Å². The van der Waals surface area contributed by atoms with E-state index < -0.39 is 0 Å². The predicted molar refractivity (Wildman–Crippen MR) is 67.4 cm³/mol. The summed E-state index contributed by atoms with van der Waals surface area (Å²) in [5.41, 5.74) is 0. The highest BCUT2D eigenvalue weighted by atomic mass is 16.1. The van der Waals surface area contributed by atoms with Crippen LogP contribution in [0.25, 0.3) is 0 Å². The molecule has 2 unspecified atom stereocenters. The molecule has 0 saturated heterocycles. The lowest BCUT2D eigenvalue weighted by Gasteiger charge is -2.19. The van der Waals surface area contributed by atoms with Gasteiger partial charge in [-0.15, -0.1) is 0 Å². The van der Waals surface area contributed by atoms with Gasteiger partial charge in [-0.25, -0.2) is 0 Å². The van der Waals surface area contributed by atoms with Gasteiger partial charge in [0, 0.05) is 12.3 Å². The van der Waals surface area contributed by atoms with E-state index in [1.165, 1.54) is 19.3 Å². The maximum absolute atomic E-state index is 11.5. The van der Waals surface area contributed by atoms with Crippen LogP contribution in [0.5, 0.6) is 0 Å². The summed E-state index contributed by atoms with van der Waals surface area (Å²) in [6.45, 7) is 7.54.